The highest BCUT2D eigenvalue weighted by Crippen LogP contribution is 2.47. The SMILES string of the molecule is CC[C@H]1OC(n2ccc(NC(c3ccccc3)(c3ccccc3)c3ccc(OC)cc3)nc2=O)[C@H](F)[C@@H]1OC(c1ccccc1)(c1ccccc1)c1ccc(OC)cc1. The first-order chi connectivity index (χ1) is 28.9. The van der Waals surface area contributed by atoms with Crippen LogP contribution in [0.3, 0.4) is 0 Å². The van der Waals surface area contributed by atoms with Crippen molar-refractivity contribution in [1.82, 2.24) is 9.55 Å². The Bertz CT molecular complexity index is 2410. The van der Waals surface area contributed by atoms with Gasteiger partial charge in [0, 0.05) is 6.20 Å². The zero-order valence-electron chi connectivity index (χ0n) is 33.2. The van der Waals surface area contributed by atoms with Gasteiger partial charge in [0.15, 0.2) is 12.4 Å². The Hall–Kier alpha value is -6.55. The van der Waals surface area contributed by atoms with Crippen LogP contribution < -0.4 is 20.5 Å². The number of anilines is 1. The van der Waals surface area contributed by atoms with Gasteiger partial charge >= 0.3 is 5.69 Å². The number of aromatic nitrogens is 2. The van der Waals surface area contributed by atoms with Crippen LogP contribution in [0, 0.1) is 0 Å². The van der Waals surface area contributed by atoms with E-state index in [9.17, 15) is 4.79 Å². The largest absolute Gasteiger partial charge is 0.497 e. The lowest BCUT2D eigenvalue weighted by Crippen LogP contribution is -2.43. The molecule has 0 amide bonds. The summed E-state index contributed by atoms with van der Waals surface area (Å²) >= 11 is 0. The number of rotatable bonds is 14. The number of hydrogen-bond donors (Lipinski definition) is 1. The van der Waals surface area contributed by atoms with Gasteiger partial charge in [0.2, 0.25) is 0 Å². The van der Waals surface area contributed by atoms with Crippen LogP contribution in [-0.2, 0) is 20.6 Å². The molecule has 59 heavy (non-hydrogen) atoms. The molecule has 0 bridgehead atoms. The molecule has 9 heteroatoms. The van der Waals surface area contributed by atoms with E-state index in [0.717, 1.165) is 33.4 Å². The standard InChI is InChI=1S/C50H46FN3O5/c1-4-43-46(59-50(38-21-13-7-14-22-38,39-23-15-8-16-24-39)40-27-31-42(57-3)32-28-40)45(51)47(58-43)54-34-33-44(52-48(54)55)53-49(35-17-9-5-10-18-35,36-19-11-6-12-20-36)37-25-29-41(56-2)30-26-37/h5-34,43,45-47H,4H2,1-3H3,(H,52,53,55)/t43-,45-,46-,47?/m1/s1. The number of benzene rings is 6. The van der Waals surface area contributed by atoms with Gasteiger partial charge in [-0.25, -0.2) is 9.18 Å². The van der Waals surface area contributed by atoms with Gasteiger partial charge in [-0.2, -0.15) is 4.98 Å². The van der Waals surface area contributed by atoms with Crippen molar-refractivity contribution in [2.45, 2.75) is 49.1 Å². The van der Waals surface area contributed by atoms with Gasteiger partial charge in [0.25, 0.3) is 0 Å². The molecular formula is C50H46FN3O5. The van der Waals surface area contributed by atoms with Crippen LogP contribution in [0.15, 0.2) is 187 Å². The van der Waals surface area contributed by atoms with Crippen LogP contribution in [0.5, 0.6) is 11.5 Å². The van der Waals surface area contributed by atoms with E-state index in [2.05, 4.69) is 10.3 Å². The predicted octanol–water partition coefficient (Wildman–Crippen LogP) is 9.69. The molecule has 1 aromatic heterocycles. The van der Waals surface area contributed by atoms with Crippen LogP contribution in [0.2, 0.25) is 0 Å². The summed E-state index contributed by atoms with van der Waals surface area (Å²) < 4.78 is 43.2. The molecule has 1 fully saturated rings. The summed E-state index contributed by atoms with van der Waals surface area (Å²) in [5.74, 6) is 1.69. The second-order valence-electron chi connectivity index (χ2n) is 14.5. The lowest BCUT2D eigenvalue weighted by molar-refractivity contribution is -0.0940. The molecule has 4 atom stereocenters. The smallest absolute Gasteiger partial charge is 0.351 e. The minimum atomic E-state index is -1.74. The first kappa shape index (κ1) is 39.3. The number of methoxy groups -OCH3 is 2. The zero-order valence-corrected chi connectivity index (χ0v) is 33.2. The third-order valence-electron chi connectivity index (χ3n) is 11.2. The molecule has 0 saturated carbocycles. The zero-order chi connectivity index (χ0) is 40.8. The summed E-state index contributed by atoms with van der Waals surface area (Å²) in [6.07, 6.45) is -2.82. The molecule has 298 valence electrons. The molecule has 0 spiro atoms. The maximum Gasteiger partial charge on any atom is 0.351 e. The van der Waals surface area contributed by atoms with E-state index in [0.29, 0.717) is 23.7 Å². The van der Waals surface area contributed by atoms with Crippen molar-refractivity contribution < 1.29 is 23.3 Å². The summed E-state index contributed by atoms with van der Waals surface area (Å²) in [7, 11) is 3.25. The Kier molecular flexibility index (Phi) is 11.4. The minimum Gasteiger partial charge on any atom is -0.497 e. The number of halogens is 1. The number of nitrogens with zero attached hydrogens (tertiary/aromatic N) is 2. The number of alkyl halides is 1. The second-order valence-corrected chi connectivity index (χ2v) is 14.5. The van der Waals surface area contributed by atoms with Crippen molar-refractivity contribution in [3.63, 3.8) is 0 Å². The molecular weight excluding hydrogens is 742 g/mol. The van der Waals surface area contributed by atoms with Gasteiger partial charge < -0.3 is 24.3 Å². The van der Waals surface area contributed by atoms with E-state index >= 15 is 4.39 Å². The van der Waals surface area contributed by atoms with Crippen LogP contribution in [-0.4, -0.2) is 42.2 Å². The van der Waals surface area contributed by atoms with Gasteiger partial charge in [-0.3, -0.25) is 4.57 Å². The average Bonchev–Trinajstić information content (AvgIpc) is 3.62. The van der Waals surface area contributed by atoms with Crippen molar-refractivity contribution in [2.24, 2.45) is 0 Å². The van der Waals surface area contributed by atoms with Crippen molar-refractivity contribution in [2.75, 3.05) is 19.5 Å². The first-order valence-corrected chi connectivity index (χ1v) is 19.8. The second kappa shape index (κ2) is 17.1. The Balaban J connectivity index is 1.18. The molecule has 1 unspecified atom stereocenters. The van der Waals surface area contributed by atoms with E-state index in [4.69, 9.17) is 18.9 Å². The van der Waals surface area contributed by atoms with Gasteiger partial charge in [0.05, 0.1) is 20.3 Å². The van der Waals surface area contributed by atoms with E-state index < -0.39 is 41.4 Å². The van der Waals surface area contributed by atoms with Crippen LogP contribution in [0.1, 0.15) is 53.0 Å². The molecule has 1 aliphatic heterocycles. The fraction of sp³-hybridized carbons (Fsp3) is 0.200. The maximum atomic E-state index is 17.4. The van der Waals surface area contributed by atoms with E-state index in [1.165, 1.54) is 4.57 Å². The number of ether oxygens (including phenoxy) is 4. The normalized spacial score (nSPS) is 18.0. The van der Waals surface area contributed by atoms with Gasteiger partial charge in [-0.15, -0.1) is 0 Å². The van der Waals surface area contributed by atoms with Crippen molar-refractivity contribution in [3.8, 4) is 11.5 Å². The van der Waals surface area contributed by atoms with E-state index in [-0.39, 0.29) is 0 Å². The molecule has 1 N–H and O–H groups in total. The molecule has 0 radical (unpaired) electrons. The topological polar surface area (TPSA) is 83.8 Å². The molecule has 1 saturated heterocycles. The predicted molar refractivity (Wildman–Crippen MR) is 228 cm³/mol. The van der Waals surface area contributed by atoms with Crippen LogP contribution in [0.4, 0.5) is 10.2 Å². The Morgan fingerprint density at radius 3 is 1.49 bits per heavy atom. The van der Waals surface area contributed by atoms with Crippen molar-refractivity contribution in [1.29, 1.82) is 0 Å². The van der Waals surface area contributed by atoms with Gasteiger partial charge in [0.1, 0.15) is 34.6 Å². The molecule has 8 rings (SSSR count). The van der Waals surface area contributed by atoms with Gasteiger partial charge in [-0.05, 0) is 70.1 Å². The highest BCUT2D eigenvalue weighted by molar-refractivity contribution is 5.58. The fourth-order valence-corrected chi connectivity index (χ4v) is 8.27. The van der Waals surface area contributed by atoms with E-state index in [1.807, 2.05) is 177 Å². The third-order valence-corrected chi connectivity index (χ3v) is 11.2. The monoisotopic (exact) mass is 787 g/mol. The van der Waals surface area contributed by atoms with Crippen molar-refractivity contribution in [3.05, 3.63) is 226 Å². The summed E-state index contributed by atoms with van der Waals surface area (Å²) in [4.78, 5) is 18.7. The summed E-state index contributed by atoms with van der Waals surface area (Å²) in [5.41, 5.74) is 2.27. The molecule has 2 heterocycles. The summed E-state index contributed by atoms with van der Waals surface area (Å²) in [6.45, 7) is 1.93. The van der Waals surface area contributed by atoms with Gasteiger partial charge in [-0.1, -0.05) is 153 Å². The lowest BCUT2D eigenvalue weighted by atomic mass is 9.77. The third kappa shape index (κ3) is 7.39. The Morgan fingerprint density at radius 1 is 0.627 bits per heavy atom. The van der Waals surface area contributed by atoms with Crippen molar-refractivity contribution >= 4 is 5.82 Å². The number of hydrogen-bond acceptors (Lipinski definition) is 7. The quantitative estimate of drug-likeness (QED) is 0.110. The highest BCUT2D eigenvalue weighted by atomic mass is 19.1. The summed E-state index contributed by atoms with van der Waals surface area (Å²) in [6, 6.07) is 56.7. The lowest BCUT2D eigenvalue weighted by Gasteiger charge is -2.39. The first-order valence-electron chi connectivity index (χ1n) is 19.8. The maximum absolute atomic E-state index is 17.4. The Labute approximate surface area is 343 Å². The highest BCUT2D eigenvalue weighted by Gasteiger charge is 2.52. The minimum absolute atomic E-state index is 0.301. The fourth-order valence-electron chi connectivity index (χ4n) is 8.27. The van der Waals surface area contributed by atoms with Crippen LogP contribution >= 0.6 is 0 Å². The number of nitrogens with one attached hydrogen (secondary N) is 1. The van der Waals surface area contributed by atoms with Crippen LogP contribution in [0.25, 0.3) is 0 Å². The average molecular weight is 788 g/mol. The molecule has 1 aliphatic rings. The molecule has 8 nitrogen and oxygen atoms in total. The molecule has 6 aromatic carbocycles. The Morgan fingerprint density at radius 2 is 1.05 bits per heavy atom. The van der Waals surface area contributed by atoms with E-state index in [1.54, 1.807) is 26.5 Å². The molecule has 0 aliphatic carbocycles. The summed E-state index contributed by atoms with van der Waals surface area (Å²) in [5, 5.41) is 3.64. The molecule has 7 aromatic rings.